The van der Waals surface area contributed by atoms with E-state index < -0.39 is 0 Å². The number of nitrogens with one attached hydrogen (secondary N) is 1. The molecule has 0 aromatic carbocycles. The van der Waals surface area contributed by atoms with E-state index >= 15 is 0 Å². The molecule has 1 aliphatic carbocycles. The van der Waals surface area contributed by atoms with Gasteiger partial charge in [0.1, 0.15) is 6.04 Å². The van der Waals surface area contributed by atoms with E-state index in [-0.39, 0.29) is 12.0 Å². The van der Waals surface area contributed by atoms with Crippen LogP contribution in [0.5, 0.6) is 0 Å². The molecule has 0 bridgehead atoms. The third-order valence-electron chi connectivity index (χ3n) is 3.84. The van der Waals surface area contributed by atoms with Crippen molar-refractivity contribution in [3.8, 4) is 0 Å². The summed E-state index contributed by atoms with van der Waals surface area (Å²) >= 11 is 0. The first-order valence-electron chi connectivity index (χ1n) is 7.70. The van der Waals surface area contributed by atoms with E-state index in [1.807, 2.05) is 21.0 Å². The molecule has 112 valence electrons. The Bertz CT molecular complexity index is 249. The van der Waals surface area contributed by atoms with Crippen molar-refractivity contribution < 1.29 is 9.53 Å². The van der Waals surface area contributed by atoms with Crippen molar-refractivity contribution in [2.45, 2.75) is 51.5 Å². The summed E-state index contributed by atoms with van der Waals surface area (Å²) in [7, 11) is 4.10. The normalized spacial score (nSPS) is 19.2. The van der Waals surface area contributed by atoms with Gasteiger partial charge in [0.2, 0.25) is 0 Å². The maximum absolute atomic E-state index is 12.1. The summed E-state index contributed by atoms with van der Waals surface area (Å²) in [6.45, 7) is 4.13. The fraction of sp³-hybridized carbons (Fsp3) is 0.933. The smallest absolute Gasteiger partial charge is 0.323 e. The molecule has 19 heavy (non-hydrogen) atoms. The van der Waals surface area contributed by atoms with Gasteiger partial charge in [-0.25, -0.2) is 0 Å². The number of carbonyl (C=O) groups is 1. The molecule has 0 aromatic heterocycles. The van der Waals surface area contributed by atoms with Crippen molar-refractivity contribution in [1.29, 1.82) is 0 Å². The van der Waals surface area contributed by atoms with Crippen molar-refractivity contribution in [2.75, 3.05) is 33.8 Å². The fourth-order valence-electron chi connectivity index (χ4n) is 2.76. The molecule has 1 unspecified atom stereocenters. The van der Waals surface area contributed by atoms with Gasteiger partial charge in [-0.2, -0.15) is 0 Å². The van der Waals surface area contributed by atoms with Crippen LogP contribution in [0.2, 0.25) is 0 Å². The molecule has 0 amide bonds. The lowest BCUT2D eigenvalue weighted by Crippen LogP contribution is -2.46. The number of carbonyl (C=O) groups excluding carboxylic acids is 1. The van der Waals surface area contributed by atoms with Crippen molar-refractivity contribution in [1.82, 2.24) is 10.2 Å². The first-order chi connectivity index (χ1) is 9.15. The second kappa shape index (κ2) is 9.32. The largest absolute Gasteiger partial charge is 0.465 e. The zero-order valence-corrected chi connectivity index (χ0v) is 12.8. The zero-order chi connectivity index (χ0) is 14.1. The van der Waals surface area contributed by atoms with Crippen molar-refractivity contribution in [3.63, 3.8) is 0 Å². The Morgan fingerprint density at radius 2 is 1.89 bits per heavy atom. The van der Waals surface area contributed by atoms with Gasteiger partial charge in [-0.05, 0) is 39.8 Å². The Hall–Kier alpha value is -0.610. The van der Waals surface area contributed by atoms with Gasteiger partial charge in [0.15, 0.2) is 0 Å². The van der Waals surface area contributed by atoms with E-state index in [1.165, 1.54) is 25.7 Å². The van der Waals surface area contributed by atoms with Gasteiger partial charge in [0, 0.05) is 13.1 Å². The second-order valence-corrected chi connectivity index (χ2v) is 5.74. The van der Waals surface area contributed by atoms with Crippen molar-refractivity contribution in [2.24, 2.45) is 5.92 Å². The third-order valence-corrected chi connectivity index (χ3v) is 3.84. The first-order valence-corrected chi connectivity index (χ1v) is 7.70. The Morgan fingerprint density at radius 1 is 1.26 bits per heavy atom. The highest BCUT2D eigenvalue weighted by molar-refractivity contribution is 5.76. The van der Waals surface area contributed by atoms with Crippen LogP contribution in [0.25, 0.3) is 0 Å². The van der Waals surface area contributed by atoms with E-state index in [0.717, 1.165) is 25.9 Å². The molecule has 4 nitrogen and oxygen atoms in total. The molecule has 1 fully saturated rings. The molecule has 1 atom stereocenters. The molecule has 0 radical (unpaired) electrons. The molecule has 1 saturated carbocycles. The number of ether oxygens (including phenoxy) is 1. The predicted octanol–water partition coefficient (Wildman–Crippen LogP) is 2.04. The van der Waals surface area contributed by atoms with Crippen LogP contribution in [0.15, 0.2) is 0 Å². The number of esters is 1. The van der Waals surface area contributed by atoms with Gasteiger partial charge in [0.25, 0.3) is 0 Å². The van der Waals surface area contributed by atoms with Gasteiger partial charge in [-0.3, -0.25) is 4.79 Å². The quantitative estimate of drug-likeness (QED) is 0.568. The summed E-state index contributed by atoms with van der Waals surface area (Å²) in [6, 6.07) is -0.113. The highest BCUT2D eigenvalue weighted by Gasteiger charge is 2.29. The van der Waals surface area contributed by atoms with E-state index in [9.17, 15) is 4.79 Å². The zero-order valence-electron chi connectivity index (χ0n) is 12.8. The van der Waals surface area contributed by atoms with Crippen LogP contribution >= 0.6 is 0 Å². The van der Waals surface area contributed by atoms with Crippen LogP contribution in [0, 0.1) is 5.92 Å². The number of likely N-dealkylation sites (N-methyl/N-ethyl adjacent to an activating group) is 1. The predicted molar refractivity (Wildman–Crippen MR) is 78.2 cm³/mol. The molecule has 4 heteroatoms. The first kappa shape index (κ1) is 16.4. The SMILES string of the molecule is CCOC(=O)C(NCCN(C)C)C1CCCCCC1. The van der Waals surface area contributed by atoms with Crippen molar-refractivity contribution >= 4 is 5.97 Å². The summed E-state index contributed by atoms with van der Waals surface area (Å²) < 4.78 is 5.24. The van der Waals surface area contributed by atoms with Gasteiger partial charge in [0.05, 0.1) is 6.61 Å². The van der Waals surface area contributed by atoms with Crippen LogP contribution in [0.1, 0.15) is 45.4 Å². The Balaban J connectivity index is 2.53. The Kier molecular flexibility index (Phi) is 8.07. The van der Waals surface area contributed by atoms with Crippen LogP contribution < -0.4 is 5.32 Å². The number of hydrogen-bond donors (Lipinski definition) is 1. The summed E-state index contributed by atoms with van der Waals surface area (Å²) in [6.07, 6.45) is 7.41. The highest BCUT2D eigenvalue weighted by Crippen LogP contribution is 2.26. The lowest BCUT2D eigenvalue weighted by Gasteiger charge is -2.26. The maximum Gasteiger partial charge on any atom is 0.323 e. The van der Waals surface area contributed by atoms with E-state index in [2.05, 4.69) is 10.2 Å². The molecule has 0 spiro atoms. The molecule has 0 saturated heterocycles. The van der Waals surface area contributed by atoms with Crippen LogP contribution in [0.3, 0.4) is 0 Å². The minimum Gasteiger partial charge on any atom is -0.465 e. The van der Waals surface area contributed by atoms with Gasteiger partial charge in [-0.15, -0.1) is 0 Å². The van der Waals surface area contributed by atoms with Gasteiger partial charge in [-0.1, -0.05) is 25.7 Å². The molecule has 0 aliphatic heterocycles. The summed E-state index contributed by atoms with van der Waals surface area (Å²) in [4.78, 5) is 14.3. The lowest BCUT2D eigenvalue weighted by atomic mass is 9.91. The number of rotatable bonds is 7. The third kappa shape index (κ3) is 6.39. The average molecular weight is 270 g/mol. The summed E-state index contributed by atoms with van der Waals surface area (Å²) in [5.74, 6) is 0.386. The molecular weight excluding hydrogens is 240 g/mol. The number of hydrogen-bond acceptors (Lipinski definition) is 4. The van der Waals surface area contributed by atoms with E-state index in [1.54, 1.807) is 0 Å². The Labute approximate surface area is 117 Å². The molecule has 1 rings (SSSR count). The summed E-state index contributed by atoms with van der Waals surface area (Å²) in [5, 5.41) is 3.42. The highest BCUT2D eigenvalue weighted by atomic mass is 16.5. The van der Waals surface area contributed by atoms with E-state index in [4.69, 9.17) is 4.74 Å². The second-order valence-electron chi connectivity index (χ2n) is 5.74. The minimum absolute atomic E-state index is 0.0619. The van der Waals surface area contributed by atoms with Gasteiger partial charge < -0.3 is 15.0 Å². The summed E-state index contributed by atoms with van der Waals surface area (Å²) in [5.41, 5.74) is 0. The lowest BCUT2D eigenvalue weighted by molar-refractivity contribution is -0.147. The minimum atomic E-state index is -0.113. The van der Waals surface area contributed by atoms with Crippen LogP contribution in [-0.2, 0) is 9.53 Å². The molecular formula is C15H30N2O2. The standard InChI is InChI=1S/C15H30N2O2/c1-4-19-15(18)14(16-11-12-17(2)3)13-9-7-5-6-8-10-13/h13-14,16H,4-12H2,1-3H3. The Morgan fingerprint density at radius 3 is 2.42 bits per heavy atom. The maximum atomic E-state index is 12.1. The van der Waals surface area contributed by atoms with Crippen LogP contribution in [0.4, 0.5) is 0 Å². The van der Waals surface area contributed by atoms with E-state index in [0.29, 0.717) is 12.5 Å². The van der Waals surface area contributed by atoms with Crippen LogP contribution in [-0.4, -0.2) is 50.7 Å². The monoisotopic (exact) mass is 270 g/mol. The molecule has 1 aliphatic rings. The topological polar surface area (TPSA) is 41.6 Å². The molecule has 0 heterocycles. The van der Waals surface area contributed by atoms with Gasteiger partial charge >= 0.3 is 5.97 Å². The fourth-order valence-corrected chi connectivity index (χ4v) is 2.76. The molecule has 1 N–H and O–H groups in total. The molecule has 0 aromatic rings. The average Bonchev–Trinajstić information content (AvgIpc) is 2.63. The van der Waals surface area contributed by atoms with Crippen molar-refractivity contribution in [3.05, 3.63) is 0 Å². The number of nitrogens with zero attached hydrogens (tertiary/aromatic N) is 1.